The molecule has 3 fully saturated rings. The van der Waals surface area contributed by atoms with Gasteiger partial charge in [-0.25, -0.2) is 4.98 Å². The van der Waals surface area contributed by atoms with E-state index in [1.54, 1.807) is 0 Å². The van der Waals surface area contributed by atoms with Gasteiger partial charge >= 0.3 is 0 Å². The summed E-state index contributed by atoms with van der Waals surface area (Å²) < 4.78 is 5.79. The summed E-state index contributed by atoms with van der Waals surface area (Å²) in [6.07, 6.45) is 12.5. The van der Waals surface area contributed by atoms with E-state index in [0.717, 1.165) is 37.0 Å². The van der Waals surface area contributed by atoms with Gasteiger partial charge in [0.15, 0.2) is 5.96 Å². The van der Waals surface area contributed by atoms with Crippen molar-refractivity contribution in [3.05, 3.63) is 23.9 Å². The van der Waals surface area contributed by atoms with Crippen LogP contribution in [0.25, 0.3) is 0 Å². The fourth-order valence-electron chi connectivity index (χ4n) is 4.38. The molecule has 1 aromatic rings. The lowest BCUT2D eigenvalue weighted by molar-refractivity contribution is 0.150. The summed E-state index contributed by atoms with van der Waals surface area (Å²) in [7, 11) is 1.85. The van der Waals surface area contributed by atoms with E-state index in [-0.39, 0.29) is 24.0 Å². The third kappa shape index (κ3) is 6.98. The van der Waals surface area contributed by atoms with Gasteiger partial charge in [0, 0.05) is 51.0 Å². The number of aliphatic imine (C=N–C) groups is 1. The molecule has 4 rings (SSSR count). The van der Waals surface area contributed by atoms with E-state index >= 15 is 0 Å². The normalized spacial score (nSPS) is 21.6. The molecule has 0 bridgehead atoms. The minimum absolute atomic E-state index is 0. The Bertz CT molecular complexity index is 652. The van der Waals surface area contributed by atoms with Gasteiger partial charge in [-0.15, -0.1) is 24.0 Å². The van der Waals surface area contributed by atoms with Gasteiger partial charge in [-0.2, -0.15) is 0 Å². The van der Waals surface area contributed by atoms with Crippen LogP contribution in [-0.2, 0) is 6.54 Å². The molecular weight excluding hydrogens is 477 g/mol. The summed E-state index contributed by atoms with van der Waals surface area (Å²) in [6, 6.07) is 5.42. The number of ether oxygens (including phenoxy) is 1. The molecule has 1 saturated heterocycles. The molecule has 0 spiro atoms. The van der Waals surface area contributed by atoms with E-state index in [0.29, 0.717) is 6.04 Å². The second kappa shape index (κ2) is 11.3. The predicted octanol–water partition coefficient (Wildman–Crippen LogP) is 3.56. The highest BCUT2D eigenvalue weighted by atomic mass is 127. The summed E-state index contributed by atoms with van der Waals surface area (Å²) >= 11 is 0. The van der Waals surface area contributed by atoms with Crippen LogP contribution in [-0.4, -0.2) is 54.7 Å². The molecular formula is C22H36IN5O. The van der Waals surface area contributed by atoms with Crippen molar-refractivity contribution in [2.24, 2.45) is 10.9 Å². The van der Waals surface area contributed by atoms with Crippen molar-refractivity contribution in [1.82, 2.24) is 20.5 Å². The van der Waals surface area contributed by atoms with Crippen LogP contribution >= 0.6 is 24.0 Å². The predicted molar refractivity (Wildman–Crippen MR) is 128 cm³/mol. The van der Waals surface area contributed by atoms with E-state index in [4.69, 9.17) is 4.74 Å². The Morgan fingerprint density at radius 3 is 2.62 bits per heavy atom. The van der Waals surface area contributed by atoms with Crippen LogP contribution in [0.4, 0.5) is 0 Å². The Morgan fingerprint density at radius 1 is 1.17 bits per heavy atom. The van der Waals surface area contributed by atoms with Crippen LogP contribution in [0, 0.1) is 5.92 Å². The van der Waals surface area contributed by atoms with Gasteiger partial charge in [-0.05, 0) is 56.1 Å². The van der Waals surface area contributed by atoms with Gasteiger partial charge in [-0.3, -0.25) is 4.99 Å². The molecule has 7 heteroatoms. The molecule has 2 saturated carbocycles. The molecule has 0 unspecified atom stereocenters. The molecule has 162 valence electrons. The standard InChI is InChI=1S/C22H35N5O.HI/c1-23-22(26-19-9-12-27(13-10-19)20-4-2-3-5-20)25-15-18-8-11-24-21(14-18)28-16-17-6-7-17;/h8,11,14,17,19-20H,2-7,9-10,12-13,15-16H2,1H3,(H2,23,25,26);1H. The average molecular weight is 513 g/mol. The fraction of sp³-hybridized carbons (Fsp3) is 0.727. The number of piperidine rings is 1. The number of hydrogen-bond donors (Lipinski definition) is 2. The number of likely N-dealkylation sites (tertiary alicyclic amines) is 1. The lowest BCUT2D eigenvalue weighted by atomic mass is 10.0. The Labute approximate surface area is 192 Å². The van der Waals surface area contributed by atoms with Crippen molar-refractivity contribution in [3.8, 4) is 5.88 Å². The molecule has 0 atom stereocenters. The minimum atomic E-state index is 0. The molecule has 6 nitrogen and oxygen atoms in total. The van der Waals surface area contributed by atoms with Gasteiger partial charge in [-0.1, -0.05) is 12.8 Å². The first-order chi connectivity index (χ1) is 13.8. The topological polar surface area (TPSA) is 61.8 Å². The monoisotopic (exact) mass is 513 g/mol. The molecule has 2 N–H and O–H groups in total. The maximum atomic E-state index is 5.79. The molecule has 29 heavy (non-hydrogen) atoms. The van der Waals surface area contributed by atoms with Crippen molar-refractivity contribution in [2.45, 2.75) is 70.0 Å². The lowest BCUT2D eigenvalue weighted by Gasteiger charge is -2.36. The van der Waals surface area contributed by atoms with Gasteiger partial charge in [0.2, 0.25) is 5.88 Å². The van der Waals surface area contributed by atoms with Crippen LogP contribution in [0.3, 0.4) is 0 Å². The van der Waals surface area contributed by atoms with Crippen LogP contribution < -0.4 is 15.4 Å². The van der Waals surface area contributed by atoms with Gasteiger partial charge < -0.3 is 20.3 Å². The van der Waals surface area contributed by atoms with Crippen molar-refractivity contribution >= 4 is 29.9 Å². The zero-order chi connectivity index (χ0) is 19.2. The molecule has 0 radical (unpaired) electrons. The second-order valence-corrected chi connectivity index (χ2v) is 8.58. The summed E-state index contributed by atoms with van der Waals surface area (Å²) in [5.74, 6) is 2.36. The summed E-state index contributed by atoms with van der Waals surface area (Å²) in [4.78, 5) is 11.4. The maximum Gasteiger partial charge on any atom is 0.213 e. The molecule has 2 aliphatic carbocycles. The summed E-state index contributed by atoms with van der Waals surface area (Å²) in [5.41, 5.74) is 1.17. The zero-order valence-electron chi connectivity index (χ0n) is 17.6. The fourth-order valence-corrected chi connectivity index (χ4v) is 4.38. The minimum Gasteiger partial charge on any atom is -0.477 e. The highest BCUT2D eigenvalue weighted by molar-refractivity contribution is 14.0. The largest absolute Gasteiger partial charge is 0.477 e. The second-order valence-electron chi connectivity index (χ2n) is 8.58. The zero-order valence-corrected chi connectivity index (χ0v) is 19.9. The van der Waals surface area contributed by atoms with Crippen LogP contribution in [0.1, 0.15) is 56.9 Å². The Kier molecular flexibility index (Phi) is 8.84. The van der Waals surface area contributed by atoms with Crippen molar-refractivity contribution in [3.63, 3.8) is 0 Å². The smallest absolute Gasteiger partial charge is 0.213 e. The number of hydrogen-bond acceptors (Lipinski definition) is 4. The highest BCUT2D eigenvalue weighted by Crippen LogP contribution is 2.29. The molecule has 1 aromatic heterocycles. The molecule has 1 aliphatic heterocycles. The first-order valence-electron chi connectivity index (χ1n) is 11.1. The van der Waals surface area contributed by atoms with E-state index in [1.165, 1.54) is 70.0 Å². The van der Waals surface area contributed by atoms with Crippen molar-refractivity contribution < 1.29 is 4.74 Å². The van der Waals surface area contributed by atoms with Gasteiger partial charge in [0.25, 0.3) is 0 Å². The van der Waals surface area contributed by atoms with Crippen LogP contribution in [0.15, 0.2) is 23.3 Å². The van der Waals surface area contributed by atoms with Gasteiger partial charge in [0.05, 0.1) is 6.61 Å². The van der Waals surface area contributed by atoms with Crippen LogP contribution in [0.5, 0.6) is 5.88 Å². The molecule has 2 heterocycles. The Hall–Kier alpha value is -1.09. The SMILES string of the molecule is CN=C(NCc1ccnc(OCC2CC2)c1)NC1CCN(C2CCCC2)CC1.I. The Balaban J connectivity index is 0.00000240. The third-order valence-corrected chi connectivity index (χ3v) is 6.36. The Morgan fingerprint density at radius 2 is 1.93 bits per heavy atom. The third-order valence-electron chi connectivity index (χ3n) is 6.36. The maximum absolute atomic E-state index is 5.79. The molecule has 0 amide bonds. The van der Waals surface area contributed by atoms with E-state index in [2.05, 4.69) is 25.5 Å². The number of nitrogens with zero attached hydrogens (tertiary/aromatic N) is 3. The number of rotatable bonds is 7. The van der Waals surface area contributed by atoms with Crippen molar-refractivity contribution in [1.29, 1.82) is 0 Å². The first kappa shape index (κ1) is 22.6. The van der Waals surface area contributed by atoms with E-state index in [9.17, 15) is 0 Å². The van der Waals surface area contributed by atoms with E-state index < -0.39 is 0 Å². The van der Waals surface area contributed by atoms with Crippen LogP contribution in [0.2, 0.25) is 0 Å². The van der Waals surface area contributed by atoms with Gasteiger partial charge in [0.1, 0.15) is 0 Å². The number of aromatic nitrogens is 1. The quantitative estimate of drug-likeness (QED) is 0.332. The highest BCUT2D eigenvalue weighted by Gasteiger charge is 2.27. The summed E-state index contributed by atoms with van der Waals surface area (Å²) in [6.45, 7) is 3.95. The number of guanidine groups is 1. The molecule has 3 aliphatic rings. The van der Waals surface area contributed by atoms with E-state index in [1.807, 2.05) is 25.4 Å². The number of nitrogens with one attached hydrogen (secondary N) is 2. The lowest BCUT2D eigenvalue weighted by Crippen LogP contribution is -2.50. The number of pyridine rings is 1. The first-order valence-corrected chi connectivity index (χ1v) is 11.1. The molecule has 0 aromatic carbocycles. The summed E-state index contributed by atoms with van der Waals surface area (Å²) in [5, 5.41) is 7.06. The number of halogens is 1. The average Bonchev–Trinajstić information content (AvgIpc) is 3.41. The van der Waals surface area contributed by atoms with Crippen molar-refractivity contribution in [2.75, 3.05) is 26.7 Å².